The molecule has 0 fully saturated rings. The van der Waals surface area contributed by atoms with E-state index in [2.05, 4.69) is 34.1 Å². The van der Waals surface area contributed by atoms with Gasteiger partial charge in [-0.1, -0.05) is 5.16 Å². The number of sulfonamides is 1. The van der Waals surface area contributed by atoms with Gasteiger partial charge < -0.3 is 9.26 Å². The number of likely N-dealkylation sites (N-methyl/N-ethyl adjacent to an activating group) is 1. The zero-order chi connectivity index (χ0) is 21.3. The summed E-state index contributed by atoms with van der Waals surface area (Å²) >= 11 is 0. The molecule has 3 aromatic rings. The van der Waals surface area contributed by atoms with Crippen LogP contribution in [0.1, 0.15) is 37.0 Å². The summed E-state index contributed by atoms with van der Waals surface area (Å²) in [6.07, 6.45) is 3.96. The molecule has 11 heteroatoms. The van der Waals surface area contributed by atoms with Crippen LogP contribution in [-0.2, 0) is 34.2 Å². The number of fused-ring (bicyclic) bond motifs is 1. The molecule has 0 saturated carbocycles. The van der Waals surface area contributed by atoms with Crippen molar-refractivity contribution in [3.8, 4) is 11.6 Å². The van der Waals surface area contributed by atoms with Crippen LogP contribution in [0.4, 0.5) is 0 Å². The summed E-state index contributed by atoms with van der Waals surface area (Å²) in [6.45, 7) is 5.48. The first-order chi connectivity index (χ1) is 14.4. The van der Waals surface area contributed by atoms with Crippen LogP contribution in [0, 0.1) is 0 Å². The van der Waals surface area contributed by atoms with Crippen LogP contribution in [0.5, 0.6) is 0 Å². The number of hydrogen-bond donors (Lipinski definition) is 0. The molecule has 0 spiro atoms. The average Bonchev–Trinajstić information content (AvgIpc) is 3.37. The highest BCUT2D eigenvalue weighted by atomic mass is 32.2. The smallest absolute Gasteiger partial charge is 0.278 e. The van der Waals surface area contributed by atoms with E-state index in [1.54, 1.807) is 6.07 Å². The molecule has 4 heterocycles. The van der Waals surface area contributed by atoms with Gasteiger partial charge in [0.05, 0.1) is 13.2 Å². The van der Waals surface area contributed by atoms with Gasteiger partial charge in [0, 0.05) is 56.1 Å². The minimum Gasteiger partial charge on any atom is -0.376 e. The van der Waals surface area contributed by atoms with Gasteiger partial charge >= 0.3 is 0 Å². The summed E-state index contributed by atoms with van der Waals surface area (Å²) in [5.74, 6) is 0.742. The van der Waals surface area contributed by atoms with Crippen molar-refractivity contribution in [2.75, 3.05) is 20.2 Å². The highest BCUT2D eigenvalue weighted by molar-refractivity contribution is 7.89. The Morgan fingerprint density at radius 3 is 2.90 bits per heavy atom. The third kappa shape index (κ3) is 3.87. The zero-order valence-corrected chi connectivity index (χ0v) is 18.0. The van der Waals surface area contributed by atoms with Crippen LogP contribution < -0.4 is 0 Å². The van der Waals surface area contributed by atoms with E-state index in [-0.39, 0.29) is 17.5 Å². The molecule has 4 rings (SSSR count). The van der Waals surface area contributed by atoms with Crippen molar-refractivity contribution in [1.29, 1.82) is 0 Å². The van der Waals surface area contributed by atoms with Crippen molar-refractivity contribution < 1.29 is 17.7 Å². The van der Waals surface area contributed by atoms with Gasteiger partial charge in [0.25, 0.3) is 5.89 Å². The largest absolute Gasteiger partial charge is 0.376 e. The van der Waals surface area contributed by atoms with Crippen molar-refractivity contribution in [1.82, 2.24) is 29.2 Å². The van der Waals surface area contributed by atoms with Crippen molar-refractivity contribution in [3.63, 3.8) is 0 Å². The molecule has 0 atom stereocenters. The second-order valence-corrected chi connectivity index (χ2v) is 9.44. The van der Waals surface area contributed by atoms with Crippen LogP contribution in [0.25, 0.3) is 11.6 Å². The average molecular weight is 433 g/mol. The van der Waals surface area contributed by atoms with Gasteiger partial charge in [0.15, 0.2) is 11.5 Å². The number of rotatable bonds is 7. The maximum Gasteiger partial charge on any atom is 0.278 e. The molecular weight excluding hydrogens is 408 g/mol. The van der Waals surface area contributed by atoms with Gasteiger partial charge in [0.2, 0.25) is 10.0 Å². The monoisotopic (exact) mass is 432 g/mol. The van der Waals surface area contributed by atoms with Crippen LogP contribution >= 0.6 is 0 Å². The van der Waals surface area contributed by atoms with E-state index in [0.717, 1.165) is 17.7 Å². The molecule has 0 radical (unpaired) electrons. The van der Waals surface area contributed by atoms with Gasteiger partial charge in [-0.25, -0.2) is 12.7 Å². The second-order valence-electron chi connectivity index (χ2n) is 7.40. The standard InChI is InChI=1S/C19H24N6O4S/c1-13(2)25-16-7-10-28-12-15(16)18(22-25)19-21-17(23-29-19)6-9-24(3)30(26,27)14-5-4-8-20-11-14/h4-5,8,11,13H,6-7,9-10,12H2,1-3H3. The lowest BCUT2D eigenvalue weighted by Gasteiger charge is -2.16. The number of nitrogens with zero attached hydrogens (tertiary/aromatic N) is 6. The highest BCUT2D eigenvalue weighted by Gasteiger charge is 2.27. The molecule has 3 aromatic heterocycles. The van der Waals surface area contributed by atoms with Crippen LogP contribution in [0.15, 0.2) is 33.9 Å². The third-order valence-electron chi connectivity index (χ3n) is 5.00. The van der Waals surface area contributed by atoms with Crippen molar-refractivity contribution >= 4 is 10.0 Å². The van der Waals surface area contributed by atoms with Gasteiger partial charge in [-0.2, -0.15) is 10.1 Å². The topological polar surface area (TPSA) is 116 Å². The molecule has 0 aromatic carbocycles. The van der Waals surface area contributed by atoms with Crippen LogP contribution in [0.2, 0.25) is 0 Å². The molecule has 30 heavy (non-hydrogen) atoms. The minimum absolute atomic E-state index is 0.146. The molecule has 0 N–H and O–H groups in total. The van der Waals surface area contributed by atoms with Crippen molar-refractivity contribution in [2.45, 2.75) is 44.2 Å². The maximum absolute atomic E-state index is 12.6. The fraction of sp³-hybridized carbons (Fsp3) is 0.474. The van der Waals surface area contributed by atoms with Crippen LogP contribution in [-0.4, -0.2) is 57.8 Å². The summed E-state index contributed by atoms with van der Waals surface area (Å²) in [4.78, 5) is 8.46. The first-order valence-electron chi connectivity index (χ1n) is 9.75. The lowest BCUT2D eigenvalue weighted by atomic mass is 10.1. The first kappa shape index (κ1) is 20.6. The number of pyridine rings is 1. The fourth-order valence-electron chi connectivity index (χ4n) is 3.37. The van der Waals surface area contributed by atoms with Gasteiger partial charge in [-0.15, -0.1) is 0 Å². The summed E-state index contributed by atoms with van der Waals surface area (Å²) in [6, 6.07) is 3.31. The Bertz CT molecular complexity index is 1120. The Hall–Kier alpha value is -2.63. The lowest BCUT2D eigenvalue weighted by Crippen LogP contribution is -2.29. The van der Waals surface area contributed by atoms with E-state index in [4.69, 9.17) is 9.26 Å². The Kier molecular flexibility index (Phi) is 5.67. The maximum atomic E-state index is 12.6. The predicted octanol–water partition coefficient (Wildman–Crippen LogP) is 1.84. The van der Waals surface area contributed by atoms with Gasteiger partial charge in [0.1, 0.15) is 4.90 Å². The quantitative estimate of drug-likeness (QED) is 0.555. The van der Waals surface area contributed by atoms with E-state index < -0.39 is 10.0 Å². The molecule has 1 aliphatic rings. The molecular formula is C19H24N6O4S. The lowest BCUT2D eigenvalue weighted by molar-refractivity contribution is 0.108. The molecule has 0 amide bonds. The summed E-state index contributed by atoms with van der Waals surface area (Å²) < 4.78 is 39.5. The Labute approximate surface area is 174 Å². The number of ether oxygens (including phenoxy) is 1. The normalized spacial score (nSPS) is 14.4. The Balaban J connectivity index is 1.50. The third-order valence-corrected chi connectivity index (χ3v) is 6.84. The van der Waals surface area contributed by atoms with E-state index >= 15 is 0 Å². The molecule has 10 nitrogen and oxygen atoms in total. The summed E-state index contributed by atoms with van der Waals surface area (Å²) in [5, 5.41) is 8.69. The van der Waals surface area contributed by atoms with Crippen molar-refractivity contribution in [3.05, 3.63) is 41.6 Å². The van der Waals surface area contributed by atoms with Gasteiger partial charge in [-0.05, 0) is 26.0 Å². The molecule has 0 bridgehead atoms. The minimum atomic E-state index is -3.62. The summed E-state index contributed by atoms with van der Waals surface area (Å²) in [5.41, 5.74) is 2.74. The second kappa shape index (κ2) is 8.25. The Morgan fingerprint density at radius 1 is 1.33 bits per heavy atom. The number of hydrogen-bond acceptors (Lipinski definition) is 8. The molecule has 160 valence electrons. The molecule has 0 aliphatic carbocycles. The van der Waals surface area contributed by atoms with E-state index in [1.807, 2.05) is 4.68 Å². The van der Waals surface area contributed by atoms with E-state index in [0.29, 0.717) is 37.0 Å². The number of aromatic nitrogens is 5. The predicted molar refractivity (Wildman–Crippen MR) is 107 cm³/mol. The fourth-order valence-corrected chi connectivity index (χ4v) is 4.51. The van der Waals surface area contributed by atoms with E-state index in [1.165, 1.54) is 29.8 Å². The summed E-state index contributed by atoms with van der Waals surface area (Å²) in [7, 11) is -2.11. The molecule has 0 saturated heterocycles. The van der Waals surface area contributed by atoms with Crippen LogP contribution in [0.3, 0.4) is 0 Å². The van der Waals surface area contributed by atoms with E-state index in [9.17, 15) is 8.42 Å². The highest BCUT2D eigenvalue weighted by Crippen LogP contribution is 2.30. The first-order valence-corrected chi connectivity index (χ1v) is 11.2. The molecule has 1 aliphatic heterocycles. The Morgan fingerprint density at radius 2 is 2.17 bits per heavy atom. The van der Waals surface area contributed by atoms with Crippen molar-refractivity contribution in [2.24, 2.45) is 0 Å². The molecule has 0 unspecified atom stereocenters. The van der Waals surface area contributed by atoms with Gasteiger partial charge in [-0.3, -0.25) is 9.67 Å². The SMILES string of the molecule is CC(C)n1nc(-c2nc(CCN(C)S(=O)(=O)c3cccnc3)no2)c2c1CCOC2. The zero-order valence-electron chi connectivity index (χ0n) is 17.1.